The molecule has 2 saturated carbocycles. The van der Waals surface area contributed by atoms with Crippen LogP contribution in [0.25, 0.3) is 0 Å². The molecule has 1 saturated heterocycles. The third-order valence-corrected chi connectivity index (χ3v) is 8.29. The van der Waals surface area contributed by atoms with Crippen molar-refractivity contribution in [2.75, 3.05) is 18.4 Å². The molecule has 0 spiro atoms. The molecule has 2 heterocycles. The second-order valence-electron chi connectivity index (χ2n) is 12.9. The van der Waals surface area contributed by atoms with Gasteiger partial charge in [0.25, 0.3) is 5.91 Å². The molecule has 2 amide bonds. The Morgan fingerprint density at radius 2 is 1.76 bits per heavy atom. The summed E-state index contributed by atoms with van der Waals surface area (Å²) in [5, 5.41) is 12.2. The van der Waals surface area contributed by atoms with E-state index < -0.39 is 24.2 Å². The van der Waals surface area contributed by atoms with Crippen molar-refractivity contribution < 1.29 is 18.4 Å². The zero-order valence-electron chi connectivity index (χ0n) is 23.0. The van der Waals surface area contributed by atoms with E-state index in [0.717, 1.165) is 47.5 Å². The topological polar surface area (TPSA) is 80.1 Å². The summed E-state index contributed by atoms with van der Waals surface area (Å²) < 4.78 is 29.0. The normalized spacial score (nSPS) is 25.5. The molecule has 2 aliphatic carbocycles. The predicted molar refractivity (Wildman–Crippen MR) is 141 cm³/mol. The molecule has 1 aliphatic heterocycles. The largest absolute Gasteiger partial charge is 0.336 e. The number of anilines is 1. The monoisotopic (exact) mass is 527 g/mol. The minimum Gasteiger partial charge on any atom is -0.336 e. The van der Waals surface area contributed by atoms with Gasteiger partial charge in [-0.1, -0.05) is 38.5 Å². The zero-order valence-corrected chi connectivity index (χ0v) is 23.0. The molecule has 3 fully saturated rings. The van der Waals surface area contributed by atoms with E-state index in [1.165, 1.54) is 6.42 Å². The summed E-state index contributed by atoms with van der Waals surface area (Å²) in [5.74, 6) is -0.0990. The molecule has 1 N–H and O–H groups in total. The number of halogens is 2. The van der Waals surface area contributed by atoms with Crippen molar-refractivity contribution in [1.29, 1.82) is 0 Å². The fourth-order valence-corrected chi connectivity index (χ4v) is 6.36. The van der Waals surface area contributed by atoms with Gasteiger partial charge < -0.3 is 14.8 Å². The van der Waals surface area contributed by atoms with Crippen molar-refractivity contribution in [3.63, 3.8) is 0 Å². The number of alkyl halides is 2. The van der Waals surface area contributed by atoms with E-state index in [9.17, 15) is 18.4 Å². The second kappa shape index (κ2) is 10.0. The maximum atomic E-state index is 13.6. The third kappa shape index (κ3) is 5.47. The van der Waals surface area contributed by atoms with Crippen LogP contribution in [0, 0.1) is 31.1 Å². The van der Waals surface area contributed by atoms with Crippen LogP contribution in [0.2, 0.25) is 0 Å². The van der Waals surface area contributed by atoms with Gasteiger partial charge in [0.1, 0.15) is 11.6 Å². The van der Waals surface area contributed by atoms with E-state index >= 15 is 0 Å². The maximum Gasteiger partial charge on any atom is 0.315 e. The Balaban J connectivity index is 1.41. The molecular weight excluding hydrogens is 488 g/mol. The zero-order chi connectivity index (χ0) is 27.4. The van der Waals surface area contributed by atoms with Gasteiger partial charge in [-0.2, -0.15) is 8.78 Å². The molecule has 9 heteroatoms. The molecule has 7 nitrogen and oxygen atoms in total. The molecule has 206 valence electrons. The summed E-state index contributed by atoms with van der Waals surface area (Å²) in [6, 6.07) is 6.03. The Bertz CT molecular complexity index is 1210. The van der Waals surface area contributed by atoms with Crippen molar-refractivity contribution in [2.24, 2.45) is 17.3 Å². The summed E-state index contributed by atoms with van der Waals surface area (Å²) >= 11 is 0. The number of hydrogen-bond acceptors (Lipinski definition) is 4. The molecule has 0 radical (unpaired) electrons. The molecule has 38 heavy (non-hydrogen) atoms. The highest BCUT2D eigenvalue weighted by Gasteiger charge is 2.47. The number of rotatable bonds is 7. The number of nitrogens with zero attached hydrogens (tertiary/aromatic N) is 4. The average Bonchev–Trinajstić information content (AvgIpc) is 3.40. The van der Waals surface area contributed by atoms with Crippen molar-refractivity contribution >= 4 is 17.5 Å². The van der Waals surface area contributed by atoms with Crippen molar-refractivity contribution in [2.45, 2.75) is 91.0 Å². The number of benzene rings is 1. The first kappa shape index (κ1) is 26.8. The van der Waals surface area contributed by atoms with Crippen LogP contribution < -0.4 is 5.32 Å². The number of carbonyl (C=O) groups is 2. The summed E-state index contributed by atoms with van der Waals surface area (Å²) in [4.78, 5) is 27.0. The molecule has 2 atom stereocenters. The highest BCUT2D eigenvalue weighted by molar-refractivity contribution is 5.95. The number of likely N-dealkylation sites (tertiary alicyclic amines) is 1. The molecular formula is C29H39F2N5O2. The highest BCUT2D eigenvalue weighted by Crippen LogP contribution is 2.49. The van der Waals surface area contributed by atoms with Crippen LogP contribution in [-0.2, 0) is 9.59 Å². The quantitative estimate of drug-likeness (QED) is 0.508. The molecule has 3 aliphatic rings. The summed E-state index contributed by atoms with van der Waals surface area (Å²) in [6.45, 7) is 10.7. The van der Waals surface area contributed by atoms with E-state index in [4.69, 9.17) is 0 Å². The Kier molecular flexibility index (Phi) is 7.07. The Morgan fingerprint density at radius 1 is 1.08 bits per heavy atom. The lowest BCUT2D eigenvalue weighted by Gasteiger charge is -2.38. The smallest absolute Gasteiger partial charge is 0.315 e. The number of amides is 2. The predicted octanol–water partition coefficient (Wildman–Crippen LogP) is 5.61. The summed E-state index contributed by atoms with van der Waals surface area (Å²) in [6.07, 6.45) is 2.23. The number of hydrogen-bond donors (Lipinski definition) is 1. The number of aromatic nitrogens is 3. The molecule has 0 bridgehead atoms. The van der Waals surface area contributed by atoms with Crippen LogP contribution in [0.5, 0.6) is 0 Å². The van der Waals surface area contributed by atoms with Gasteiger partial charge >= 0.3 is 6.43 Å². The third-order valence-electron chi connectivity index (χ3n) is 8.29. The molecule has 1 aromatic heterocycles. The van der Waals surface area contributed by atoms with Gasteiger partial charge in [-0.05, 0) is 68.9 Å². The van der Waals surface area contributed by atoms with Gasteiger partial charge in [0.15, 0.2) is 0 Å². The lowest BCUT2D eigenvalue weighted by Crippen LogP contribution is -2.35. The Hall–Kier alpha value is -2.84. The first-order chi connectivity index (χ1) is 17.9. The first-order valence-electron chi connectivity index (χ1n) is 13.8. The van der Waals surface area contributed by atoms with Gasteiger partial charge in [-0.25, -0.2) is 0 Å². The van der Waals surface area contributed by atoms with Gasteiger partial charge in [0.05, 0.1) is 11.8 Å². The molecule has 0 unspecified atom stereocenters. The fraction of sp³-hybridized carbons (Fsp3) is 0.655. The van der Waals surface area contributed by atoms with E-state index in [-0.39, 0.29) is 30.5 Å². The van der Waals surface area contributed by atoms with Crippen LogP contribution in [-0.4, -0.2) is 51.0 Å². The van der Waals surface area contributed by atoms with Gasteiger partial charge in [0.2, 0.25) is 5.91 Å². The number of aryl methyl sites for hydroxylation is 2. The van der Waals surface area contributed by atoms with Crippen LogP contribution >= 0.6 is 0 Å². The fourth-order valence-electron chi connectivity index (χ4n) is 6.36. The van der Waals surface area contributed by atoms with Gasteiger partial charge in [0, 0.05) is 30.7 Å². The summed E-state index contributed by atoms with van der Waals surface area (Å²) in [7, 11) is 0. The number of nitrogens with one attached hydrogen (secondary N) is 1. The summed E-state index contributed by atoms with van der Waals surface area (Å²) in [5.41, 5.74) is 2.97. The highest BCUT2D eigenvalue weighted by atomic mass is 19.3. The van der Waals surface area contributed by atoms with E-state index in [0.29, 0.717) is 23.3 Å². The van der Waals surface area contributed by atoms with Crippen LogP contribution in [0.4, 0.5) is 14.5 Å². The average molecular weight is 528 g/mol. The molecule has 2 aromatic rings. The molecule has 5 rings (SSSR count). The lowest BCUT2D eigenvalue weighted by atomic mass is 9.68. The van der Waals surface area contributed by atoms with Crippen molar-refractivity contribution in [1.82, 2.24) is 19.7 Å². The first-order valence-corrected chi connectivity index (χ1v) is 13.8. The minimum absolute atomic E-state index is 0.0380. The van der Waals surface area contributed by atoms with Crippen molar-refractivity contribution in [3.05, 3.63) is 41.0 Å². The van der Waals surface area contributed by atoms with Crippen LogP contribution in [0.3, 0.4) is 0 Å². The van der Waals surface area contributed by atoms with Gasteiger partial charge in [-0.15, -0.1) is 10.2 Å². The molecule has 1 aromatic carbocycles. The second-order valence-corrected chi connectivity index (χ2v) is 12.9. The lowest BCUT2D eigenvalue weighted by molar-refractivity contribution is -0.141. The van der Waals surface area contributed by atoms with Crippen molar-refractivity contribution in [3.8, 4) is 0 Å². The number of carbonyl (C=O) groups excluding carboxylic acids is 2. The van der Waals surface area contributed by atoms with Gasteiger partial charge in [-0.3, -0.25) is 9.59 Å². The minimum atomic E-state index is -3.11. The standard InChI is InChI=1S/C29H39F2N5O2/c1-16-6-9-23(17(2)10-16)32-27(37)22-15-35(28(38)24(30)31)14-21(22)26-34-33-25(36(26)20-7-8-20)19-11-18(12-19)13-29(3,4)5/h6,9-10,18-22,24H,7-8,11-15H2,1-5H3,(H,32,37)/t18?,19?,21-,22-/m0/s1. The Morgan fingerprint density at radius 3 is 2.37 bits per heavy atom. The van der Waals surface area contributed by atoms with E-state index in [1.807, 2.05) is 32.0 Å². The van der Waals surface area contributed by atoms with E-state index in [2.05, 4.69) is 40.9 Å². The van der Waals surface area contributed by atoms with E-state index in [1.54, 1.807) is 0 Å². The Labute approximate surface area is 223 Å². The maximum absolute atomic E-state index is 13.6. The SMILES string of the molecule is Cc1ccc(NC(=O)[C@H]2CN(C(=O)C(F)F)C[C@@H]2c2nnc(C3CC(CC(C)(C)C)C3)n2C2CC2)c(C)c1. The van der Waals surface area contributed by atoms with Crippen LogP contribution in [0.15, 0.2) is 18.2 Å². The van der Waals surface area contributed by atoms with Crippen LogP contribution in [0.1, 0.15) is 93.5 Å².